The van der Waals surface area contributed by atoms with E-state index in [-0.39, 0.29) is 0 Å². The van der Waals surface area contributed by atoms with Crippen LogP contribution in [0.3, 0.4) is 0 Å². The summed E-state index contributed by atoms with van der Waals surface area (Å²) in [6.45, 7) is 3.68. The molecule has 2 aromatic rings. The molecule has 1 aliphatic heterocycles. The summed E-state index contributed by atoms with van der Waals surface area (Å²) in [5.74, 6) is 0.335. The van der Waals surface area contributed by atoms with Crippen LogP contribution in [-0.4, -0.2) is 47.6 Å². The van der Waals surface area contributed by atoms with Gasteiger partial charge in [-0.1, -0.05) is 42.5 Å². The van der Waals surface area contributed by atoms with Crippen LogP contribution in [0, 0.1) is 0 Å². The summed E-state index contributed by atoms with van der Waals surface area (Å²) < 4.78 is 38.3. The summed E-state index contributed by atoms with van der Waals surface area (Å²) in [7, 11) is 0. The highest BCUT2D eigenvalue weighted by Gasteiger charge is 2.33. The van der Waals surface area contributed by atoms with Crippen LogP contribution < -0.4 is 4.90 Å². The molecular formula is C18H19F3N4. The molecule has 0 spiro atoms. The van der Waals surface area contributed by atoms with Gasteiger partial charge >= 0.3 is 6.18 Å². The molecule has 0 unspecified atom stereocenters. The Bertz CT molecular complexity index is 708. The van der Waals surface area contributed by atoms with Gasteiger partial charge in [-0.3, -0.25) is 4.90 Å². The Morgan fingerprint density at radius 1 is 1.00 bits per heavy atom. The number of alkyl halides is 3. The standard InChI is InChI=1S/C18H19F3N4/c19-18(20,21)16-13-17(23-14-22-16)25-11-9-24(10-12-25)8-4-7-15-5-2-1-3-6-15/h1-7,13-14H,8-12H2. The van der Waals surface area contributed by atoms with Crippen molar-refractivity contribution in [3.63, 3.8) is 0 Å². The number of hydrogen-bond acceptors (Lipinski definition) is 4. The minimum atomic E-state index is -4.44. The number of nitrogens with zero attached hydrogens (tertiary/aromatic N) is 4. The lowest BCUT2D eigenvalue weighted by Gasteiger charge is -2.34. The van der Waals surface area contributed by atoms with Gasteiger partial charge in [-0.2, -0.15) is 13.2 Å². The highest BCUT2D eigenvalue weighted by molar-refractivity contribution is 5.48. The van der Waals surface area contributed by atoms with Crippen LogP contribution in [-0.2, 0) is 6.18 Å². The molecule has 0 amide bonds. The van der Waals surface area contributed by atoms with E-state index in [0.717, 1.165) is 37.6 Å². The highest BCUT2D eigenvalue weighted by atomic mass is 19.4. The van der Waals surface area contributed by atoms with Crippen molar-refractivity contribution >= 4 is 11.9 Å². The predicted octanol–water partition coefficient (Wildman–Crippen LogP) is 3.33. The van der Waals surface area contributed by atoms with Crippen molar-refractivity contribution in [3.8, 4) is 0 Å². The Labute approximate surface area is 144 Å². The summed E-state index contributed by atoms with van der Waals surface area (Å²) in [4.78, 5) is 11.4. The van der Waals surface area contributed by atoms with Crippen LogP contribution in [0.2, 0.25) is 0 Å². The predicted molar refractivity (Wildman–Crippen MR) is 91.2 cm³/mol. The molecule has 0 aliphatic carbocycles. The Kier molecular flexibility index (Phi) is 5.33. The number of rotatable bonds is 4. The molecule has 1 saturated heterocycles. The zero-order valence-corrected chi connectivity index (χ0v) is 13.7. The molecule has 25 heavy (non-hydrogen) atoms. The molecule has 0 atom stereocenters. The Morgan fingerprint density at radius 3 is 2.40 bits per heavy atom. The van der Waals surface area contributed by atoms with E-state index in [2.05, 4.69) is 27.0 Å². The van der Waals surface area contributed by atoms with E-state index in [1.54, 1.807) is 0 Å². The van der Waals surface area contributed by atoms with Gasteiger partial charge in [-0.25, -0.2) is 9.97 Å². The summed E-state index contributed by atoms with van der Waals surface area (Å²) in [6, 6.07) is 11.1. The second kappa shape index (κ2) is 7.65. The molecule has 1 aliphatic rings. The normalized spacial score (nSPS) is 16.5. The van der Waals surface area contributed by atoms with Gasteiger partial charge in [0.25, 0.3) is 0 Å². The third-order valence-corrected chi connectivity index (χ3v) is 4.11. The Balaban J connectivity index is 1.53. The molecule has 132 valence electrons. The third-order valence-electron chi connectivity index (χ3n) is 4.11. The van der Waals surface area contributed by atoms with Crippen LogP contribution in [0.15, 0.2) is 48.8 Å². The molecule has 4 nitrogen and oxygen atoms in total. The molecule has 1 aromatic heterocycles. The van der Waals surface area contributed by atoms with Crippen molar-refractivity contribution in [3.05, 3.63) is 60.1 Å². The zero-order chi connectivity index (χ0) is 17.7. The fourth-order valence-corrected chi connectivity index (χ4v) is 2.74. The summed E-state index contributed by atoms with van der Waals surface area (Å²) >= 11 is 0. The number of anilines is 1. The third kappa shape index (κ3) is 4.79. The summed E-state index contributed by atoms with van der Waals surface area (Å²) in [5.41, 5.74) is 0.257. The van der Waals surface area contributed by atoms with E-state index in [9.17, 15) is 13.2 Å². The molecule has 0 bridgehead atoms. The molecule has 3 rings (SSSR count). The SMILES string of the molecule is FC(F)(F)c1cc(N2CCN(CC=Cc3ccccc3)CC2)ncn1. The first kappa shape index (κ1) is 17.4. The lowest BCUT2D eigenvalue weighted by atomic mass is 10.2. The topological polar surface area (TPSA) is 32.3 Å². The summed E-state index contributed by atoms with van der Waals surface area (Å²) in [6.07, 6.45) is 0.721. The zero-order valence-electron chi connectivity index (χ0n) is 13.7. The molecular weight excluding hydrogens is 329 g/mol. The van der Waals surface area contributed by atoms with Crippen LogP contribution >= 0.6 is 0 Å². The molecule has 1 fully saturated rings. The Hall–Kier alpha value is -2.41. The van der Waals surface area contributed by atoms with Gasteiger partial charge in [-0.15, -0.1) is 0 Å². The first-order valence-electron chi connectivity index (χ1n) is 8.10. The van der Waals surface area contributed by atoms with Crippen LogP contribution in [0.1, 0.15) is 11.3 Å². The fraction of sp³-hybridized carbons (Fsp3) is 0.333. The number of benzene rings is 1. The van der Waals surface area contributed by atoms with E-state index in [4.69, 9.17) is 0 Å². The number of hydrogen-bond donors (Lipinski definition) is 0. The minimum Gasteiger partial charge on any atom is -0.354 e. The monoisotopic (exact) mass is 348 g/mol. The second-order valence-corrected chi connectivity index (χ2v) is 5.86. The number of aromatic nitrogens is 2. The van der Waals surface area contributed by atoms with Gasteiger partial charge < -0.3 is 4.90 Å². The van der Waals surface area contributed by atoms with E-state index in [0.29, 0.717) is 18.9 Å². The van der Waals surface area contributed by atoms with Crippen LogP contribution in [0.5, 0.6) is 0 Å². The van der Waals surface area contributed by atoms with Gasteiger partial charge in [-0.05, 0) is 5.56 Å². The van der Waals surface area contributed by atoms with Gasteiger partial charge in [0.15, 0.2) is 0 Å². The van der Waals surface area contributed by atoms with E-state index < -0.39 is 11.9 Å². The quantitative estimate of drug-likeness (QED) is 0.848. The lowest BCUT2D eigenvalue weighted by Crippen LogP contribution is -2.46. The smallest absolute Gasteiger partial charge is 0.354 e. The summed E-state index contributed by atoms with van der Waals surface area (Å²) in [5, 5.41) is 0. The van der Waals surface area contributed by atoms with Crippen LogP contribution in [0.4, 0.5) is 19.0 Å². The molecule has 0 saturated carbocycles. The molecule has 0 N–H and O–H groups in total. The van der Waals surface area contributed by atoms with Gasteiger partial charge in [0.05, 0.1) is 0 Å². The van der Waals surface area contributed by atoms with Crippen molar-refractivity contribution in [2.75, 3.05) is 37.6 Å². The first-order chi connectivity index (χ1) is 12.0. The largest absolute Gasteiger partial charge is 0.433 e. The van der Waals surface area contributed by atoms with Crippen LogP contribution in [0.25, 0.3) is 6.08 Å². The van der Waals surface area contributed by atoms with Crippen molar-refractivity contribution in [2.45, 2.75) is 6.18 Å². The molecule has 7 heteroatoms. The van der Waals surface area contributed by atoms with Gasteiger partial charge in [0.1, 0.15) is 17.8 Å². The molecule has 2 heterocycles. The van der Waals surface area contributed by atoms with E-state index in [1.807, 2.05) is 35.2 Å². The fourth-order valence-electron chi connectivity index (χ4n) is 2.74. The number of halogens is 3. The maximum absolute atomic E-state index is 12.8. The average Bonchev–Trinajstić information content (AvgIpc) is 2.63. The van der Waals surface area contributed by atoms with Gasteiger partial charge in [0, 0.05) is 38.8 Å². The van der Waals surface area contributed by atoms with Crippen molar-refractivity contribution in [1.29, 1.82) is 0 Å². The van der Waals surface area contributed by atoms with Crippen molar-refractivity contribution < 1.29 is 13.2 Å². The highest BCUT2D eigenvalue weighted by Crippen LogP contribution is 2.29. The van der Waals surface area contributed by atoms with Gasteiger partial charge in [0.2, 0.25) is 0 Å². The second-order valence-electron chi connectivity index (χ2n) is 5.86. The maximum atomic E-state index is 12.8. The molecule has 0 radical (unpaired) electrons. The van der Waals surface area contributed by atoms with E-state index >= 15 is 0 Å². The minimum absolute atomic E-state index is 0.335. The van der Waals surface area contributed by atoms with Crippen molar-refractivity contribution in [2.24, 2.45) is 0 Å². The Morgan fingerprint density at radius 2 is 1.72 bits per heavy atom. The van der Waals surface area contributed by atoms with Crippen molar-refractivity contribution in [1.82, 2.24) is 14.9 Å². The van der Waals surface area contributed by atoms with E-state index in [1.165, 1.54) is 0 Å². The lowest BCUT2D eigenvalue weighted by molar-refractivity contribution is -0.141. The average molecular weight is 348 g/mol. The first-order valence-corrected chi connectivity index (χ1v) is 8.10. The number of piperazine rings is 1. The maximum Gasteiger partial charge on any atom is 0.433 e. The molecule has 1 aromatic carbocycles.